The van der Waals surface area contributed by atoms with E-state index in [1.165, 1.54) is 12.1 Å². The van der Waals surface area contributed by atoms with Crippen LogP contribution in [0.2, 0.25) is 5.02 Å². The van der Waals surface area contributed by atoms with Gasteiger partial charge in [0.25, 0.3) is 5.91 Å². The fourth-order valence-electron chi connectivity index (χ4n) is 4.58. The van der Waals surface area contributed by atoms with Crippen LogP contribution in [0.25, 0.3) is 0 Å². The van der Waals surface area contributed by atoms with Gasteiger partial charge in [0.05, 0.1) is 28.6 Å². The number of ketones is 1. The summed E-state index contributed by atoms with van der Waals surface area (Å²) < 4.78 is 70.3. The lowest BCUT2D eigenvalue weighted by atomic mass is 9.86. The van der Waals surface area contributed by atoms with E-state index in [1.54, 1.807) is 0 Å². The smallest absolute Gasteiger partial charge is 0.431 e. The van der Waals surface area contributed by atoms with Crippen molar-refractivity contribution in [3.8, 4) is 5.75 Å². The fraction of sp³-hybridized carbons (Fsp3) is 0.333. The first kappa shape index (κ1) is 31.5. The monoisotopic (exact) mass is 601 g/mol. The van der Waals surface area contributed by atoms with Crippen LogP contribution in [0.15, 0.2) is 47.7 Å². The molecule has 2 aromatic carbocycles. The second-order valence-electron chi connectivity index (χ2n) is 9.46. The lowest BCUT2D eigenvalue weighted by Gasteiger charge is -2.30. The van der Waals surface area contributed by atoms with E-state index in [9.17, 15) is 41.4 Å². The topological polar surface area (TPSA) is 131 Å². The summed E-state index contributed by atoms with van der Waals surface area (Å²) in [5.74, 6) is -6.89. The van der Waals surface area contributed by atoms with Gasteiger partial charge in [0.2, 0.25) is 0 Å². The molecule has 1 fully saturated rings. The van der Waals surface area contributed by atoms with Crippen LogP contribution in [0.1, 0.15) is 41.6 Å². The molecule has 220 valence electrons. The molecule has 8 nitrogen and oxygen atoms in total. The summed E-state index contributed by atoms with van der Waals surface area (Å²) in [6.45, 7) is -1.71. The molecule has 41 heavy (non-hydrogen) atoms. The first-order chi connectivity index (χ1) is 19.2. The molecule has 2 aromatic rings. The Morgan fingerprint density at radius 2 is 1.68 bits per heavy atom. The maximum atomic E-state index is 14.2. The lowest BCUT2D eigenvalue weighted by Crippen LogP contribution is -2.43. The quantitative estimate of drug-likeness (QED) is 0.128. The van der Waals surface area contributed by atoms with Gasteiger partial charge in [0.1, 0.15) is 23.1 Å². The van der Waals surface area contributed by atoms with Crippen molar-refractivity contribution in [2.45, 2.75) is 44.4 Å². The van der Waals surface area contributed by atoms with Gasteiger partial charge in [-0.25, -0.2) is 8.78 Å². The van der Waals surface area contributed by atoms with E-state index in [0.29, 0.717) is 11.0 Å². The highest BCUT2D eigenvalue weighted by Gasteiger charge is 2.41. The Morgan fingerprint density at radius 1 is 1.07 bits per heavy atom. The van der Waals surface area contributed by atoms with Gasteiger partial charge in [-0.05, 0) is 55.5 Å². The Morgan fingerprint density at radius 3 is 2.20 bits per heavy atom. The number of carbonyl (C=O) groups excluding carboxylic acids is 2. The van der Waals surface area contributed by atoms with Crippen LogP contribution in [0.3, 0.4) is 0 Å². The number of nitrogens with zero attached hydrogens (tertiary/aromatic N) is 1. The number of nitrogens with one attached hydrogen (secondary N) is 2. The Kier molecular flexibility index (Phi) is 10.1. The molecule has 0 aliphatic heterocycles. The maximum Gasteiger partial charge on any atom is 0.431 e. The average Bonchev–Trinajstić information content (AvgIpc) is 2.87. The number of Topliss-reactive ketones (excluding diaryl/α,β-unsaturated/α-hetero) is 1. The third-order valence-electron chi connectivity index (χ3n) is 6.54. The first-order valence-electron chi connectivity index (χ1n) is 12.3. The first-order valence-corrected chi connectivity index (χ1v) is 12.6. The minimum absolute atomic E-state index is 0.0482. The number of phenols is 1. The van der Waals surface area contributed by atoms with E-state index in [-0.39, 0.29) is 42.5 Å². The predicted octanol–water partition coefficient (Wildman–Crippen LogP) is 5.23. The van der Waals surface area contributed by atoms with Crippen LogP contribution in [0, 0.1) is 23.0 Å². The normalized spacial score (nSPS) is 17.8. The SMILES string of the molecule is N=C/C(C(=O)N(CC(=O)c1c(O)cccc1Cl)Cc1cc(F)cc(F)c1)=C(\N[C@H]1CC[C@H](C(=O)O)CC1)C(F)(F)F. The molecule has 0 unspecified atom stereocenters. The molecule has 14 heteroatoms. The highest BCUT2D eigenvalue weighted by Crippen LogP contribution is 2.32. The zero-order valence-corrected chi connectivity index (χ0v) is 22.0. The van der Waals surface area contributed by atoms with Crippen molar-refractivity contribution in [1.82, 2.24) is 10.2 Å². The molecule has 4 N–H and O–H groups in total. The zero-order chi connectivity index (χ0) is 30.5. The number of aromatic hydroxyl groups is 1. The van der Waals surface area contributed by atoms with Crippen LogP contribution in [0.4, 0.5) is 22.0 Å². The third kappa shape index (κ3) is 8.03. The van der Waals surface area contributed by atoms with E-state index in [0.717, 1.165) is 18.2 Å². The van der Waals surface area contributed by atoms with Crippen LogP contribution in [-0.2, 0) is 16.1 Å². The number of benzene rings is 2. The van der Waals surface area contributed by atoms with E-state index in [2.05, 4.69) is 5.32 Å². The van der Waals surface area contributed by atoms with Gasteiger partial charge < -0.3 is 25.8 Å². The molecule has 3 rings (SSSR count). The summed E-state index contributed by atoms with van der Waals surface area (Å²) >= 11 is 6.00. The molecule has 0 bridgehead atoms. The number of alkyl halides is 3. The number of rotatable bonds is 10. The fourth-order valence-corrected chi connectivity index (χ4v) is 4.85. The highest BCUT2D eigenvalue weighted by atomic mass is 35.5. The van der Waals surface area contributed by atoms with E-state index >= 15 is 0 Å². The molecule has 1 amide bonds. The molecule has 0 aromatic heterocycles. The molecular formula is C27H25ClF5N3O5. The molecule has 1 saturated carbocycles. The number of hydrogen-bond acceptors (Lipinski definition) is 6. The van der Waals surface area contributed by atoms with Gasteiger partial charge in [-0.2, -0.15) is 13.2 Å². The van der Waals surface area contributed by atoms with Crippen molar-refractivity contribution in [3.63, 3.8) is 0 Å². The Balaban J connectivity index is 2.02. The number of allylic oxidation sites excluding steroid dienone is 1. The van der Waals surface area contributed by atoms with Crippen LogP contribution in [0.5, 0.6) is 5.75 Å². The summed E-state index contributed by atoms with van der Waals surface area (Å²) in [5, 5.41) is 28.9. The van der Waals surface area contributed by atoms with Gasteiger partial charge in [0, 0.05) is 24.9 Å². The minimum atomic E-state index is -5.17. The van der Waals surface area contributed by atoms with Crippen LogP contribution >= 0.6 is 11.6 Å². The highest BCUT2D eigenvalue weighted by molar-refractivity contribution is 6.34. The van der Waals surface area contributed by atoms with E-state index < -0.39 is 83.1 Å². The predicted molar refractivity (Wildman–Crippen MR) is 138 cm³/mol. The molecule has 1 aliphatic rings. The third-order valence-corrected chi connectivity index (χ3v) is 6.86. The second kappa shape index (κ2) is 13.1. The molecule has 0 heterocycles. The molecule has 1 aliphatic carbocycles. The molecule has 0 radical (unpaired) electrons. The summed E-state index contributed by atoms with van der Waals surface area (Å²) in [5.41, 5.74) is -3.40. The summed E-state index contributed by atoms with van der Waals surface area (Å²) in [7, 11) is 0. The summed E-state index contributed by atoms with van der Waals surface area (Å²) in [4.78, 5) is 38.3. The van der Waals surface area contributed by atoms with Gasteiger partial charge in [0.15, 0.2) is 5.78 Å². The molecule has 0 saturated heterocycles. The van der Waals surface area contributed by atoms with Gasteiger partial charge in [-0.15, -0.1) is 0 Å². The number of phenolic OH excluding ortho intramolecular Hbond substituents is 1. The number of carbonyl (C=O) groups is 3. The number of carboxylic acid groups (broad SMARTS) is 1. The number of aliphatic carboxylic acids is 1. The van der Waals surface area contributed by atoms with Crippen molar-refractivity contribution >= 4 is 35.5 Å². The largest absolute Gasteiger partial charge is 0.507 e. The average molecular weight is 602 g/mol. The van der Waals surface area contributed by atoms with Crippen LogP contribution in [-0.4, -0.2) is 57.8 Å². The maximum absolute atomic E-state index is 14.2. The van der Waals surface area contributed by atoms with Crippen molar-refractivity contribution < 1.29 is 46.5 Å². The number of amides is 1. The Labute approximate surface area is 235 Å². The van der Waals surface area contributed by atoms with Gasteiger partial charge in [-0.1, -0.05) is 17.7 Å². The molecule has 0 spiro atoms. The van der Waals surface area contributed by atoms with Gasteiger partial charge in [-0.3, -0.25) is 14.4 Å². The minimum Gasteiger partial charge on any atom is -0.507 e. The van der Waals surface area contributed by atoms with Crippen molar-refractivity contribution in [3.05, 3.63) is 75.5 Å². The number of carboxylic acids is 1. The van der Waals surface area contributed by atoms with E-state index in [4.69, 9.17) is 22.1 Å². The second-order valence-corrected chi connectivity index (χ2v) is 9.87. The summed E-state index contributed by atoms with van der Waals surface area (Å²) in [6, 6.07) is 5.02. The van der Waals surface area contributed by atoms with Crippen LogP contribution < -0.4 is 5.32 Å². The standard InChI is InChI=1S/C27H25ClF5N3O5/c28-20-2-1-3-21(37)23(20)22(38)13-36(12-14-8-16(29)10-17(30)9-14)25(39)19(11-34)24(27(31,32)33)35-18-6-4-15(5-7-18)26(40)41/h1-3,8-11,15,18,34-35,37H,4-7,12-13H2,(H,40,41)/b24-19+,34-11?/t15-,18-. The Hall–Kier alpha value is -4.00. The van der Waals surface area contributed by atoms with E-state index in [1.807, 2.05) is 0 Å². The summed E-state index contributed by atoms with van der Waals surface area (Å²) in [6.07, 6.45) is -4.73. The lowest BCUT2D eigenvalue weighted by molar-refractivity contribution is -0.143. The molecular weight excluding hydrogens is 577 g/mol. The van der Waals surface area contributed by atoms with Crippen molar-refractivity contribution in [2.24, 2.45) is 5.92 Å². The zero-order valence-electron chi connectivity index (χ0n) is 21.3. The number of halogens is 6. The van der Waals surface area contributed by atoms with Gasteiger partial charge >= 0.3 is 12.1 Å². The molecule has 0 atom stereocenters. The Bertz CT molecular complexity index is 1330. The van der Waals surface area contributed by atoms with Crippen molar-refractivity contribution in [1.29, 1.82) is 5.41 Å². The number of hydrogen-bond donors (Lipinski definition) is 4. The van der Waals surface area contributed by atoms with Crippen molar-refractivity contribution in [2.75, 3.05) is 6.54 Å².